The molecule has 11 heteroatoms. The Morgan fingerprint density at radius 1 is 0.950 bits per heavy atom. The van der Waals surface area contributed by atoms with E-state index in [4.69, 9.17) is 26.2 Å². The molecule has 0 aliphatic rings. The van der Waals surface area contributed by atoms with E-state index in [-0.39, 0.29) is 16.8 Å². The first-order valence-electron chi connectivity index (χ1n) is 4.88. The molecule has 0 bridgehead atoms. The van der Waals surface area contributed by atoms with Crippen LogP contribution in [0.25, 0.3) is 5.73 Å². The van der Waals surface area contributed by atoms with Gasteiger partial charge in [0.15, 0.2) is 0 Å². The summed E-state index contributed by atoms with van der Waals surface area (Å²) >= 11 is 0. The summed E-state index contributed by atoms with van der Waals surface area (Å²) < 4.78 is 0. The van der Waals surface area contributed by atoms with Crippen molar-refractivity contribution >= 4 is 23.9 Å². The summed E-state index contributed by atoms with van der Waals surface area (Å²) in [4.78, 5) is 41.1. The van der Waals surface area contributed by atoms with Gasteiger partial charge in [-0.05, 0) is 6.92 Å². The fourth-order valence-corrected chi connectivity index (χ4v) is 0.833. The minimum Gasteiger partial charge on any atom is -0.668 e. The number of carbonyl (C=O) groups is 4. The van der Waals surface area contributed by atoms with Gasteiger partial charge in [-0.15, -0.1) is 0 Å². The molecule has 5 N–H and O–H groups in total. The summed E-state index contributed by atoms with van der Waals surface area (Å²) in [6, 6.07) is -1.14. The molecular weight excluding hydrogens is 323 g/mol. The van der Waals surface area contributed by atoms with Crippen molar-refractivity contribution in [3.8, 4) is 0 Å². The third-order valence-electron chi connectivity index (χ3n) is 1.73. The van der Waals surface area contributed by atoms with Gasteiger partial charge in [0.25, 0.3) is 5.97 Å². The molecule has 0 fully saturated rings. The van der Waals surface area contributed by atoms with Crippen molar-refractivity contribution in [3.63, 3.8) is 0 Å². The third-order valence-corrected chi connectivity index (χ3v) is 1.73. The fourth-order valence-electron chi connectivity index (χ4n) is 0.833. The van der Waals surface area contributed by atoms with Crippen molar-refractivity contribution in [2.45, 2.75) is 13.0 Å². The standard InChI is InChI=1S/C7H11NO6.C2H4NO2.Co/c1-4(7(13)14)8(2-5(9)10)3-6(11)12;3-1-2(4)5;/h4H,2-3H2,1H3,(H,9,10)(H,11,12)(H,13,14);3H,1H2,(H,4,5);/q;-1;+2. The molecule has 0 saturated heterocycles. The minimum atomic E-state index is -1.26. The summed E-state index contributed by atoms with van der Waals surface area (Å²) in [6.07, 6.45) is 0. The van der Waals surface area contributed by atoms with Gasteiger partial charge in [-0.2, -0.15) is 0 Å². The quantitative estimate of drug-likeness (QED) is 0.456. The molecule has 0 spiro atoms. The Kier molecular flexibility index (Phi) is 14.4. The molecule has 10 nitrogen and oxygen atoms in total. The molecule has 0 aromatic heterocycles. The van der Waals surface area contributed by atoms with E-state index in [1.54, 1.807) is 0 Å². The van der Waals surface area contributed by atoms with Crippen LogP contribution in [0.3, 0.4) is 0 Å². The SMILES string of the molecule is CC(C(=O)O)N(CC(=O)O)CC(=O)O.[Co+2].[NH-]CC(=O)O. The summed E-state index contributed by atoms with van der Waals surface area (Å²) in [6.45, 7) is -0.520. The van der Waals surface area contributed by atoms with E-state index < -0.39 is 49.6 Å². The van der Waals surface area contributed by atoms with Crippen LogP contribution in [-0.2, 0) is 36.0 Å². The van der Waals surface area contributed by atoms with Crippen molar-refractivity contribution < 1.29 is 56.4 Å². The van der Waals surface area contributed by atoms with Gasteiger partial charge < -0.3 is 26.2 Å². The topological polar surface area (TPSA) is 176 Å². The largest absolute Gasteiger partial charge is 2.00 e. The molecule has 1 radical (unpaired) electrons. The summed E-state index contributed by atoms with van der Waals surface area (Å²) in [5, 5.41) is 32.9. The van der Waals surface area contributed by atoms with Crippen LogP contribution >= 0.6 is 0 Å². The van der Waals surface area contributed by atoms with Gasteiger partial charge in [0.05, 0.1) is 13.1 Å². The molecule has 0 aliphatic carbocycles. The average Bonchev–Trinajstić information content (AvgIpc) is 2.26. The molecule has 0 aliphatic heterocycles. The maximum atomic E-state index is 10.5. The van der Waals surface area contributed by atoms with Crippen molar-refractivity contribution in [1.29, 1.82) is 0 Å². The van der Waals surface area contributed by atoms with Crippen LogP contribution in [0.15, 0.2) is 0 Å². The Hall–Kier alpha value is -1.69. The Morgan fingerprint density at radius 3 is 1.40 bits per heavy atom. The van der Waals surface area contributed by atoms with Crippen LogP contribution in [0.1, 0.15) is 6.92 Å². The molecule has 0 rings (SSSR count). The van der Waals surface area contributed by atoms with E-state index in [0.29, 0.717) is 0 Å². The van der Waals surface area contributed by atoms with Crippen LogP contribution in [0.2, 0.25) is 0 Å². The molecule has 117 valence electrons. The summed E-state index contributed by atoms with van der Waals surface area (Å²) in [5.41, 5.74) is 6.06. The van der Waals surface area contributed by atoms with Gasteiger partial charge in [-0.1, -0.05) is 6.54 Å². The second kappa shape index (κ2) is 12.3. The maximum absolute atomic E-state index is 10.5. The van der Waals surface area contributed by atoms with Crippen LogP contribution in [0.4, 0.5) is 0 Å². The van der Waals surface area contributed by atoms with Gasteiger partial charge >= 0.3 is 34.7 Å². The Morgan fingerprint density at radius 2 is 1.25 bits per heavy atom. The molecule has 0 saturated carbocycles. The zero-order valence-electron chi connectivity index (χ0n) is 10.4. The molecule has 20 heavy (non-hydrogen) atoms. The molecule has 0 aromatic rings. The number of carboxylic acids is 4. The molecule has 0 amide bonds. The number of hydrogen-bond donors (Lipinski definition) is 4. The molecule has 0 aromatic carbocycles. The average molecular weight is 338 g/mol. The van der Waals surface area contributed by atoms with Crippen LogP contribution in [0.5, 0.6) is 0 Å². The first kappa shape index (κ1) is 23.4. The van der Waals surface area contributed by atoms with Crippen LogP contribution < -0.4 is 0 Å². The van der Waals surface area contributed by atoms with E-state index in [2.05, 4.69) is 0 Å². The first-order valence-corrected chi connectivity index (χ1v) is 4.88. The molecule has 1 unspecified atom stereocenters. The Balaban J connectivity index is -0.000000414. The van der Waals surface area contributed by atoms with Gasteiger partial charge in [-0.25, -0.2) is 0 Å². The van der Waals surface area contributed by atoms with Gasteiger partial charge in [0, 0.05) is 0 Å². The number of carboxylic acid groups (broad SMARTS) is 4. The monoisotopic (exact) mass is 338 g/mol. The van der Waals surface area contributed by atoms with Crippen molar-refractivity contribution in [1.82, 2.24) is 4.90 Å². The predicted molar refractivity (Wildman–Crippen MR) is 60.8 cm³/mol. The van der Waals surface area contributed by atoms with Gasteiger partial charge in [0.1, 0.15) is 6.04 Å². The van der Waals surface area contributed by atoms with Crippen molar-refractivity contribution in [2.75, 3.05) is 19.6 Å². The van der Waals surface area contributed by atoms with Crippen LogP contribution in [-0.4, -0.2) is 74.9 Å². The zero-order chi connectivity index (χ0) is 15.6. The second-order valence-electron chi connectivity index (χ2n) is 3.28. The maximum Gasteiger partial charge on any atom is 2.00 e. The van der Waals surface area contributed by atoms with E-state index in [1.807, 2.05) is 0 Å². The minimum absolute atomic E-state index is 0. The Bertz CT molecular complexity index is 333. The Labute approximate surface area is 124 Å². The third kappa shape index (κ3) is 14.4. The van der Waals surface area contributed by atoms with E-state index >= 15 is 0 Å². The van der Waals surface area contributed by atoms with Crippen LogP contribution in [0, 0.1) is 0 Å². The van der Waals surface area contributed by atoms with Gasteiger partial charge in [0.2, 0.25) is 0 Å². The van der Waals surface area contributed by atoms with Crippen molar-refractivity contribution in [3.05, 3.63) is 5.73 Å². The number of nitrogens with one attached hydrogen (secondary N) is 1. The normalized spacial score (nSPS) is 10.6. The number of rotatable bonds is 7. The van der Waals surface area contributed by atoms with E-state index in [0.717, 1.165) is 4.90 Å². The summed E-state index contributed by atoms with van der Waals surface area (Å²) in [5.74, 6) is -4.86. The summed E-state index contributed by atoms with van der Waals surface area (Å²) in [7, 11) is 0. The number of aliphatic carboxylic acids is 4. The number of hydrogen-bond acceptors (Lipinski definition) is 5. The second-order valence-corrected chi connectivity index (χ2v) is 3.28. The van der Waals surface area contributed by atoms with Crippen molar-refractivity contribution in [2.24, 2.45) is 0 Å². The predicted octanol–water partition coefficient (Wildman–Crippen LogP) is -0.949. The molecular formula is C9H15CoN2O8+. The number of nitrogens with zero attached hydrogens (tertiary/aromatic N) is 1. The van der Waals surface area contributed by atoms with Gasteiger partial charge in [-0.3, -0.25) is 24.1 Å². The molecule has 0 heterocycles. The smallest absolute Gasteiger partial charge is 0.668 e. The first-order chi connectivity index (χ1) is 8.61. The molecule has 1 atom stereocenters. The van der Waals surface area contributed by atoms with E-state index in [9.17, 15) is 19.2 Å². The zero-order valence-corrected chi connectivity index (χ0v) is 11.4. The fraction of sp³-hybridized carbons (Fsp3) is 0.556. The van der Waals surface area contributed by atoms with E-state index in [1.165, 1.54) is 6.92 Å².